The van der Waals surface area contributed by atoms with Crippen LogP contribution in [0.2, 0.25) is 0 Å². The van der Waals surface area contributed by atoms with Gasteiger partial charge in [0.25, 0.3) is 11.4 Å². The van der Waals surface area contributed by atoms with Crippen molar-refractivity contribution in [2.75, 3.05) is 0 Å². The summed E-state index contributed by atoms with van der Waals surface area (Å²) in [5.74, 6) is 2.08. The number of para-hydroxylation sites is 3. The van der Waals surface area contributed by atoms with Crippen molar-refractivity contribution in [3.63, 3.8) is 0 Å². The fourth-order valence-electron chi connectivity index (χ4n) is 7.47. The molecule has 0 spiro atoms. The third-order valence-corrected chi connectivity index (χ3v) is 11.0. The number of aromatic nitrogens is 2. The molecule has 0 bridgehead atoms. The van der Waals surface area contributed by atoms with E-state index in [1.807, 2.05) is 12.3 Å². The van der Waals surface area contributed by atoms with Gasteiger partial charge in [0.15, 0.2) is 0 Å². The average molecular weight is 946 g/mol. The molecule has 0 radical (unpaired) electrons. The zero-order chi connectivity index (χ0) is 40.7. The number of hydrogen-bond donors (Lipinski definition) is 0. The summed E-state index contributed by atoms with van der Waals surface area (Å²) in [6, 6.07) is 47.8. The molecule has 296 valence electrons. The molecule has 8 rings (SSSR count). The van der Waals surface area contributed by atoms with Crippen LogP contribution in [0.15, 0.2) is 109 Å². The Hall–Kier alpha value is -5.08. The molecule has 0 atom stereocenters. The van der Waals surface area contributed by atoms with Gasteiger partial charge in [-0.15, -0.1) is 29.1 Å². The first-order valence-corrected chi connectivity index (χ1v) is 20.1. The van der Waals surface area contributed by atoms with Gasteiger partial charge >= 0.3 is 27.1 Å². The monoisotopic (exact) mass is 945 g/mol. The van der Waals surface area contributed by atoms with Crippen LogP contribution in [0, 0.1) is 12.1 Å². The normalized spacial score (nSPS) is 13.3. The predicted octanol–water partition coefficient (Wildman–Crippen LogP) is 13.6. The number of ether oxygens (including phenoxy) is 1. The van der Waals surface area contributed by atoms with Crippen LogP contribution in [0.25, 0.3) is 27.6 Å². The van der Waals surface area contributed by atoms with E-state index < -0.39 is 0 Å². The maximum absolute atomic E-state index is 6.78. The van der Waals surface area contributed by atoms with Crippen molar-refractivity contribution in [1.29, 1.82) is 0 Å². The second kappa shape index (κ2) is 14.6. The number of pyridine rings is 1. The molecule has 6 heteroatoms. The minimum atomic E-state index is -0.159. The first-order valence-electron chi connectivity index (χ1n) is 20.1. The van der Waals surface area contributed by atoms with Crippen molar-refractivity contribution in [3.05, 3.63) is 144 Å². The Morgan fingerprint density at radius 3 is 1.78 bits per heavy atom. The topological polar surface area (TPSA) is 33.1 Å². The first kappa shape index (κ1) is 41.1. The minimum Gasteiger partial charge on any atom is -0.509 e. The number of benzene rings is 5. The van der Waals surface area contributed by atoms with Crippen LogP contribution < -0.4 is 13.9 Å². The molecule has 0 saturated heterocycles. The summed E-state index contributed by atoms with van der Waals surface area (Å²) in [5.41, 5.74) is 10.8. The Bertz CT molecular complexity index is 2760. The van der Waals surface area contributed by atoms with Crippen LogP contribution in [0.5, 0.6) is 11.5 Å². The molecule has 3 heterocycles. The molecule has 2 aromatic heterocycles. The van der Waals surface area contributed by atoms with Crippen LogP contribution in [0.1, 0.15) is 105 Å². The van der Waals surface area contributed by atoms with Gasteiger partial charge in [-0.2, -0.15) is 6.07 Å². The molecule has 0 fully saturated rings. The van der Waals surface area contributed by atoms with E-state index >= 15 is 0 Å². The summed E-state index contributed by atoms with van der Waals surface area (Å²) in [6.45, 7) is 27.1. The standard InChI is InChI=1S/C52H54N4O.Pt/c1-49(2,3)34-23-24-53-48(30-34)56-44-18-14-13-17-42(44)43-22-21-40(32-47(43)56)57-41-29-37(52(10,11)12)28-39(31-41)55-33-54(45-19-15-16-20-46(45)55)38-26-35(50(4,5)6)25-36(27-38)51(7,8)9;/h13-30H,1-12H3;/q;+2. The van der Waals surface area contributed by atoms with Crippen LogP contribution in [-0.2, 0) is 42.7 Å². The quantitative estimate of drug-likeness (QED) is 0.127. The third kappa shape index (κ3) is 7.75. The van der Waals surface area contributed by atoms with Crippen LogP contribution in [0.3, 0.4) is 0 Å². The molecule has 58 heavy (non-hydrogen) atoms. The summed E-state index contributed by atoms with van der Waals surface area (Å²) in [5, 5.41) is 2.24. The summed E-state index contributed by atoms with van der Waals surface area (Å²) in [4.78, 5) is 4.86. The smallest absolute Gasteiger partial charge is 0.509 e. The van der Waals surface area contributed by atoms with E-state index in [4.69, 9.17) is 9.72 Å². The van der Waals surface area contributed by atoms with E-state index in [1.54, 1.807) is 0 Å². The van der Waals surface area contributed by atoms with Gasteiger partial charge in [0.1, 0.15) is 11.5 Å². The van der Waals surface area contributed by atoms with E-state index in [0.29, 0.717) is 11.5 Å². The zero-order valence-corrected chi connectivity index (χ0v) is 38.2. The second-order valence-corrected chi connectivity index (χ2v) is 19.6. The van der Waals surface area contributed by atoms with Gasteiger partial charge in [0, 0.05) is 47.5 Å². The zero-order valence-electron chi connectivity index (χ0n) is 35.9. The SMILES string of the molecule is CC(C)(C)c1cc(Oc2[c-]c3c(cc2)c2ccccc2n3-c2cc(C(C)(C)C)ccn2)[c-]c([N+]2=C=[N+](c3cc(C(C)(C)C)cc(C(C)(C)C)c3)c3ccccc32)c1.[Pt+2]. The largest absolute Gasteiger partial charge is 2.00 e. The molecule has 0 unspecified atom stereocenters. The molecule has 5 aromatic carbocycles. The molecule has 0 N–H and O–H groups in total. The molecule has 0 aliphatic carbocycles. The van der Waals surface area contributed by atoms with E-state index in [-0.39, 0.29) is 42.7 Å². The maximum atomic E-state index is 6.78. The first-order chi connectivity index (χ1) is 26.8. The molecular weight excluding hydrogens is 892 g/mol. The minimum absolute atomic E-state index is 0. The number of rotatable bonds is 5. The number of nitrogens with zero attached hydrogens (tertiary/aromatic N) is 4. The van der Waals surface area contributed by atoms with Gasteiger partial charge in [-0.1, -0.05) is 142 Å². The summed E-state index contributed by atoms with van der Waals surface area (Å²) >= 11 is 0. The van der Waals surface area contributed by atoms with Gasteiger partial charge in [0.05, 0.1) is 0 Å². The fraction of sp³-hybridized carbons (Fsp3) is 0.308. The molecule has 7 aromatic rings. The molecule has 1 aliphatic rings. The van der Waals surface area contributed by atoms with Crippen LogP contribution >= 0.6 is 0 Å². The van der Waals surface area contributed by atoms with Gasteiger partial charge in [0.2, 0.25) is 5.69 Å². The molecule has 0 saturated carbocycles. The van der Waals surface area contributed by atoms with Crippen molar-refractivity contribution in [3.8, 4) is 17.3 Å². The molecule has 0 amide bonds. The summed E-state index contributed by atoms with van der Waals surface area (Å²) in [7, 11) is 0. The summed E-state index contributed by atoms with van der Waals surface area (Å²) < 4.78 is 13.3. The van der Waals surface area contributed by atoms with E-state index in [9.17, 15) is 0 Å². The summed E-state index contributed by atoms with van der Waals surface area (Å²) in [6.07, 6.45) is 1.90. The fourth-order valence-corrected chi connectivity index (χ4v) is 7.47. The van der Waals surface area contributed by atoms with E-state index in [1.165, 1.54) is 16.7 Å². The van der Waals surface area contributed by atoms with Gasteiger partial charge in [-0.25, -0.2) is 4.98 Å². The van der Waals surface area contributed by atoms with Crippen LogP contribution in [-0.4, -0.2) is 15.6 Å². The van der Waals surface area contributed by atoms with Crippen molar-refractivity contribution in [1.82, 2.24) is 18.7 Å². The van der Waals surface area contributed by atoms with Gasteiger partial charge < -0.3 is 9.30 Å². The Kier molecular flexibility index (Phi) is 10.4. The van der Waals surface area contributed by atoms with Crippen molar-refractivity contribution >= 4 is 50.6 Å². The van der Waals surface area contributed by atoms with Crippen molar-refractivity contribution in [2.45, 2.75) is 105 Å². The molecule has 1 aliphatic heterocycles. The van der Waals surface area contributed by atoms with Crippen LogP contribution in [0.4, 0.5) is 22.7 Å². The number of fused-ring (bicyclic) bond motifs is 4. The van der Waals surface area contributed by atoms with E-state index in [2.05, 4.69) is 212 Å². The third-order valence-electron chi connectivity index (χ3n) is 11.0. The van der Waals surface area contributed by atoms with Crippen molar-refractivity contribution in [2.24, 2.45) is 0 Å². The number of hydrogen-bond acceptors (Lipinski definition) is 2. The average Bonchev–Trinajstić information content (AvgIpc) is 3.69. The maximum Gasteiger partial charge on any atom is 2.00 e. The van der Waals surface area contributed by atoms with Crippen molar-refractivity contribution < 1.29 is 25.8 Å². The Balaban J connectivity index is 0.00000512. The Labute approximate surface area is 359 Å². The second-order valence-electron chi connectivity index (χ2n) is 19.6. The molecular formula is C52H54N4OPt+2. The Morgan fingerprint density at radius 1 is 0.552 bits per heavy atom. The predicted molar refractivity (Wildman–Crippen MR) is 238 cm³/mol. The van der Waals surface area contributed by atoms with E-state index in [0.717, 1.165) is 55.9 Å². The molecule has 5 nitrogen and oxygen atoms in total. The Morgan fingerprint density at radius 2 is 1.14 bits per heavy atom. The van der Waals surface area contributed by atoms with Gasteiger partial charge in [-0.05, 0) is 66.5 Å². The van der Waals surface area contributed by atoms with Gasteiger partial charge in [-0.3, -0.25) is 0 Å².